The van der Waals surface area contributed by atoms with Crippen LogP contribution in [0.5, 0.6) is 0 Å². The number of hydrogen-bond donors (Lipinski definition) is 2. The summed E-state index contributed by atoms with van der Waals surface area (Å²) in [6.45, 7) is 2.95. The first-order valence-corrected chi connectivity index (χ1v) is 14.2. The van der Waals surface area contributed by atoms with E-state index in [0.29, 0.717) is 56.7 Å². The monoisotopic (exact) mass is 575 g/mol. The second-order valence-electron chi connectivity index (χ2n) is 9.82. The zero-order chi connectivity index (χ0) is 27.7. The van der Waals surface area contributed by atoms with Crippen molar-refractivity contribution in [1.29, 1.82) is 0 Å². The lowest BCUT2D eigenvalue weighted by Crippen LogP contribution is -2.61. The van der Waals surface area contributed by atoms with E-state index in [9.17, 15) is 31.8 Å². The molecule has 13 heteroatoms. The van der Waals surface area contributed by atoms with Gasteiger partial charge in [-0.25, -0.2) is 8.42 Å². The zero-order valence-corrected chi connectivity index (χ0v) is 22.6. The van der Waals surface area contributed by atoms with Crippen LogP contribution in [0.4, 0.5) is 18.9 Å². The fourth-order valence-corrected chi connectivity index (χ4v) is 7.01. The van der Waals surface area contributed by atoms with Crippen LogP contribution in [0, 0.1) is 0 Å². The Hall–Kier alpha value is -1.87. The number of ether oxygens (including phenoxy) is 1. The molecule has 0 aromatic heterocycles. The molecule has 2 heterocycles. The molecule has 3 atom stereocenters. The molecule has 3 aliphatic rings. The number of halogens is 3. The van der Waals surface area contributed by atoms with E-state index in [4.69, 9.17) is 17.0 Å². The highest BCUT2D eigenvalue weighted by Gasteiger charge is 2.51. The van der Waals surface area contributed by atoms with Crippen LogP contribution in [0.15, 0.2) is 47.4 Å². The van der Waals surface area contributed by atoms with Crippen LogP contribution in [-0.2, 0) is 20.4 Å². The third kappa shape index (κ3) is 5.83. The van der Waals surface area contributed by atoms with Crippen molar-refractivity contribution in [2.75, 3.05) is 57.4 Å². The highest BCUT2D eigenvalue weighted by molar-refractivity contribution is 7.96. The van der Waals surface area contributed by atoms with Crippen LogP contribution in [-0.4, -0.2) is 104 Å². The van der Waals surface area contributed by atoms with Crippen molar-refractivity contribution in [1.82, 2.24) is 9.21 Å². The molecule has 2 fully saturated rings. The number of rotatable bonds is 7. The molecule has 2 aliphatic heterocycles. The Morgan fingerprint density at radius 1 is 1.13 bits per heavy atom. The number of benzene rings is 1. The normalized spacial score (nSPS) is 25.8. The first-order chi connectivity index (χ1) is 17.9. The Bertz CT molecular complexity index is 1190. The largest absolute Gasteiger partial charge is 0.421 e. The van der Waals surface area contributed by atoms with E-state index in [1.807, 2.05) is 9.80 Å². The zero-order valence-electron chi connectivity index (χ0n) is 21.0. The highest BCUT2D eigenvalue weighted by Crippen LogP contribution is 2.39. The number of aliphatic hydroxyl groups is 2. The SMILES string of the molecule is C[C@](O)(c1ccc(N2CCN(S(=O)(=O)C3=CC=CCC3=S)C[C@H]2CN2CCOC[C@H]2CO)cc1)C(F)(F)F. The molecule has 38 heavy (non-hydrogen) atoms. The van der Waals surface area contributed by atoms with Crippen molar-refractivity contribution in [2.24, 2.45) is 0 Å². The molecule has 2 saturated heterocycles. The molecular weight excluding hydrogens is 543 g/mol. The molecule has 0 bridgehead atoms. The van der Waals surface area contributed by atoms with Gasteiger partial charge in [-0.15, -0.1) is 0 Å². The smallest absolute Gasteiger partial charge is 0.395 e. The Morgan fingerprint density at radius 3 is 2.47 bits per heavy atom. The van der Waals surface area contributed by atoms with Gasteiger partial charge in [0.1, 0.15) is 0 Å². The van der Waals surface area contributed by atoms with Crippen LogP contribution >= 0.6 is 12.2 Å². The highest BCUT2D eigenvalue weighted by atomic mass is 32.2. The number of nitrogens with zero attached hydrogens (tertiary/aromatic N) is 3. The number of hydrogen-bond acceptors (Lipinski definition) is 8. The van der Waals surface area contributed by atoms with Crippen LogP contribution in [0.3, 0.4) is 0 Å². The van der Waals surface area contributed by atoms with Crippen molar-refractivity contribution < 1.29 is 36.5 Å². The molecular formula is C25H32F3N3O5S2. The van der Waals surface area contributed by atoms with Gasteiger partial charge in [-0.3, -0.25) is 4.90 Å². The van der Waals surface area contributed by atoms with Gasteiger partial charge in [0, 0.05) is 49.7 Å². The minimum absolute atomic E-state index is 0.112. The predicted molar refractivity (Wildman–Crippen MR) is 141 cm³/mol. The fraction of sp³-hybridized carbons (Fsp3) is 0.560. The minimum atomic E-state index is -4.84. The standard InChI is InChI=1S/C25H32F3N3O5S2/c1-24(33,25(26,27)28)18-6-8-19(9-7-18)31-11-10-30(38(34,35)23-5-3-2-4-22(23)37)15-20(31)14-29-12-13-36-17-21(29)16-32/h2-3,5-9,20-21,32-33H,4,10-17H2,1H3/t20-,21-,24+/m1/s1. The van der Waals surface area contributed by atoms with Gasteiger partial charge < -0.3 is 19.8 Å². The third-order valence-electron chi connectivity index (χ3n) is 7.34. The maximum absolute atomic E-state index is 13.5. The van der Waals surface area contributed by atoms with E-state index in [1.54, 1.807) is 12.2 Å². The van der Waals surface area contributed by atoms with Crippen molar-refractivity contribution in [2.45, 2.75) is 37.2 Å². The van der Waals surface area contributed by atoms with Crippen LogP contribution < -0.4 is 4.90 Å². The van der Waals surface area contributed by atoms with Gasteiger partial charge in [-0.1, -0.05) is 36.5 Å². The molecule has 1 aliphatic carbocycles. The quantitative estimate of drug-likeness (QED) is 0.478. The fourth-order valence-electron chi connectivity index (χ4n) is 4.94. The van der Waals surface area contributed by atoms with Crippen molar-refractivity contribution in [3.63, 3.8) is 0 Å². The predicted octanol–water partition coefficient (Wildman–Crippen LogP) is 2.18. The van der Waals surface area contributed by atoms with Crippen LogP contribution in [0.2, 0.25) is 0 Å². The summed E-state index contributed by atoms with van der Waals surface area (Å²) in [6, 6.07) is 4.89. The number of alkyl halides is 3. The molecule has 8 nitrogen and oxygen atoms in total. The Labute approximate surface area is 226 Å². The van der Waals surface area contributed by atoms with Gasteiger partial charge >= 0.3 is 6.18 Å². The molecule has 0 amide bonds. The molecule has 0 unspecified atom stereocenters. The molecule has 210 valence electrons. The Morgan fingerprint density at radius 2 is 1.84 bits per heavy atom. The van der Waals surface area contributed by atoms with Crippen LogP contribution in [0.25, 0.3) is 0 Å². The van der Waals surface area contributed by atoms with E-state index in [1.165, 1.54) is 34.6 Å². The second-order valence-corrected chi connectivity index (χ2v) is 12.2. The maximum atomic E-state index is 13.5. The summed E-state index contributed by atoms with van der Waals surface area (Å²) in [7, 11) is -3.85. The van der Waals surface area contributed by atoms with E-state index in [2.05, 4.69) is 0 Å². The van der Waals surface area contributed by atoms with E-state index < -0.39 is 21.8 Å². The van der Waals surface area contributed by atoms with E-state index in [-0.39, 0.29) is 42.2 Å². The molecule has 4 rings (SSSR count). The number of allylic oxidation sites excluding steroid dienone is 4. The first-order valence-electron chi connectivity index (χ1n) is 12.4. The first kappa shape index (κ1) is 29.1. The summed E-state index contributed by atoms with van der Waals surface area (Å²) >= 11 is 5.32. The topological polar surface area (TPSA) is 93.6 Å². The summed E-state index contributed by atoms with van der Waals surface area (Å²) in [5, 5.41) is 19.9. The summed E-state index contributed by atoms with van der Waals surface area (Å²) in [4.78, 5) is 4.48. The van der Waals surface area contributed by atoms with E-state index in [0.717, 1.165) is 0 Å². The summed E-state index contributed by atoms with van der Waals surface area (Å²) in [6.07, 6.45) is 0.528. The Kier molecular flexibility index (Phi) is 8.67. The van der Waals surface area contributed by atoms with Gasteiger partial charge in [-0.2, -0.15) is 17.5 Å². The average Bonchev–Trinajstić information content (AvgIpc) is 2.88. The lowest BCUT2D eigenvalue weighted by Gasteiger charge is -2.46. The third-order valence-corrected chi connectivity index (χ3v) is 9.81. The number of sulfonamides is 1. The van der Waals surface area contributed by atoms with Gasteiger partial charge in [0.2, 0.25) is 10.0 Å². The minimum Gasteiger partial charge on any atom is -0.395 e. The van der Waals surface area contributed by atoms with Gasteiger partial charge in [0.25, 0.3) is 0 Å². The number of piperazine rings is 1. The summed E-state index contributed by atoms with van der Waals surface area (Å²) < 4.78 is 73.9. The number of anilines is 1. The molecule has 0 radical (unpaired) electrons. The van der Waals surface area contributed by atoms with Gasteiger partial charge in [-0.05, 0) is 30.7 Å². The van der Waals surface area contributed by atoms with Gasteiger partial charge in [0.05, 0.1) is 36.8 Å². The van der Waals surface area contributed by atoms with Gasteiger partial charge in [0.15, 0.2) is 5.60 Å². The lowest BCUT2D eigenvalue weighted by atomic mass is 9.95. The summed E-state index contributed by atoms with van der Waals surface area (Å²) in [5.41, 5.74) is -2.68. The Balaban J connectivity index is 1.62. The molecule has 1 aromatic rings. The van der Waals surface area contributed by atoms with Crippen LogP contribution in [0.1, 0.15) is 18.9 Å². The van der Waals surface area contributed by atoms with Crippen molar-refractivity contribution in [3.05, 3.63) is 53.0 Å². The van der Waals surface area contributed by atoms with Crippen molar-refractivity contribution >= 4 is 32.8 Å². The average molecular weight is 576 g/mol. The van der Waals surface area contributed by atoms with Crippen molar-refractivity contribution in [3.8, 4) is 0 Å². The number of aliphatic hydroxyl groups excluding tert-OH is 1. The molecule has 0 spiro atoms. The molecule has 0 saturated carbocycles. The second kappa shape index (κ2) is 11.3. The summed E-state index contributed by atoms with van der Waals surface area (Å²) in [5.74, 6) is 0. The molecule has 1 aromatic carbocycles. The number of morpholine rings is 1. The lowest BCUT2D eigenvalue weighted by molar-refractivity contribution is -0.258. The molecule has 2 N–H and O–H groups in total. The number of thiocarbonyl (C=S) groups is 1. The maximum Gasteiger partial charge on any atom is 0.421 e. The van der Waals surface area contributed by atoms with E-state index >= 15 is 0 Å².